The van der Waals surface area contributed by atoms with Crippen LogP contribution in [0.3, 0.4) is 0 Å². The maximum atomic E-state index is 14.7. The molecule has 0 fully saturated rings. The van der Waals surface area contributed by atoms with Crippen LogP contribution in [0.5, 0.6) is 0 Å². The number of H-pyrrole nitrogens is 1. The van der Waals surface area contributed by atoms with Crippen LogP contribution in [-0.4, -0.2) is 29.7 Å². The summed E-state index contributed by atoms with van der Waals surface area (Å²) in [4.78, 5) is 17.8. The minimum absolute atomic E-state index is 0.00229. The molecule has 13 heteroatoms. The van der Waals surface area contributed by atoms with E-state index in [1.54, 1.807) is 12.1 Å². The molecule has 0 saturated carbocycles. The minimum atomic E-state index is -4.97. The van der Waals surface area contributed by atoms with Crippen LogP contribution in [0.4, 0.5) is 27.8 Å². The van der Waals surface area contributed by atoms with Gasteiger partial charge in [-0.1, -0.05) is 23.8 Å². The largest absolute Gasteiger partial charge is 0.416 e. The highest BCUT2D eigenvalue weighted by Crippen LogP contribution is 2.39. The molecule has 1 N–H and O–H groups in total. The van der Waals surface area contributed by atoms with Crippen LogP contribution >= 0.6 is 0 Å². The molecule has 3 heterocycles. The number of aromatic nitrogens is 3. The Balaban J connectivity index is 1.67. The monoisotopic (exact) mass is 590 g/mol. The van der Waals surface area contributed by atoms with Gasteiger partial charge in [0, 0.05) is 35.9 Å². The molecule has 2 aromatic heterocycles. The molecule has 1 aliphatic rings. The number of sulfonamides is 1. The fourth-order valence-electron chi connectivity index (χ4n) is 4.70. The van der Waals surface area contributed by atoms with Gasteiger partial charge >= 0.3 is 6.18 Å². The molecule has 214 valence electrons. The van der Waals surface area contributed by atoms with Crippen molar-refractivity contribution in [2.75, 3.05) is 10.8 Å². The van der Waals surface area contributed by atoms with Gasteiger partial charge in [-0.15, -0.1) is 6.58 Å². The number of halogens is 5. The fourth-order valence-corrected chi connectivity index (χ4v) is 6.14. The van der Waals surface area contributed by atoms with Gasteiger partial charge in [0.15, 0.2) is 5.82 Å². The zero-order valence-electron chi connectivity index (χ0n) is 21.5. The first-order valence-corrected chi connectivity index (χ1v) is 13.8. The summed E-state index contributed by atoms with van der Waals surface area (Å²) < 4.78 is 99.5. The molecule has 0 unspecified atom stereocenters. The quantitative estimate of drug-likeness (QED) is 0.221. The van der Waals surface area contributed by atoms with E-state index in [-0.39, 0.29) is 40.5 Å². The van der Waals surface area contributed by atoms with E-state index in [1.807, 2.05) is 6.92 Å². The number of hydrogen-bond donors (Lipinski definition) is 1. The molecule has 0 amide bonds. The Bertz CT molecular complexity index is 1810. The average molecular weight is 591 g/mol. The Morgan fingerprint density at radius 3 is 2.39 bits per heavy atom. The van der Waals surface area contributed by atoms with Crippen molar-refractivity contribution in [2.24, 2.45) is 0 Å². The van der Waals surface area contributed by atoms with Crippen molar-refractivity contribution in [3.05, 3.63) is 106 Å². The van der Waals surface area contributed by atoms with E-state index in [1.165, 1.54) is 30.5 Å². The Hall–Kier alpha value is -4.26. The molecule has 0 bridgehead atoms. The summed E-state index contributed by atoms with van der Waals surface area (Å²) in [7, 11) is -4.10. The topological polar surface area (TPSA) is 88.1 Å². The molecule has 4 aromatic rings. The molecule has 0 aliphatic carbocycles. The molecule has 0 atom stereocenters. The minimum Gasteiger partial charge on any atom is -0.290 e. The number of rotatable bonds is 6. The molecule has 5 rings (SSSR count). The molecule has 0 radical (unpaired) electrons. The number of nitrogens with one attached hydrogen (secondary N) is 1. The van der Waals surface area contributed by atoms with Crippen LogP contribution in [0, 0.1) is 6.92 Å². The molecule has 1 aliphatic heterocycles. The van der Waals surface area contributed by atoms with Crippen molar-refractivity contribution in [3.8, 4) is 16.9 Å². The maximum Gasteiger partial charge on any atom is 0.416 e. The number of hydrogen-bond acceptors (Lipinski definition) is 4. The lowest BCUT2D eigenvalue weighted by atomic mass is 10.0. The molecule has 7 nitrogen and oxygen atoms in total. The second-order valence-corrected chi connectivity index (χ2v) is 11.4. The summed E-state index contributed by atoms with van der Waals surface area (Å²) in [5.41, 5.74) is -2.30. The van der Waals surface area contributed by atoms with E-state index < -0.39 is 50.9 Å². The van der Waals surface area contributed by atoms with Crippen LogP contribution in [-0.2, 0) is 28.5 Å². The van der Waals surface area contributed by atoms with Gasteiger partial charge in [-0.2, -0.15) is 13.2 Å². The Morgan fingerprint density at radius 1 is 1.05 bits per heavy atom. The van der Waals surface area contributed by atoms with Crippen molar-refractivity contribution in [1.82, 2.24) is 14.8 Å². The molecular formula is C28H23F5N4O3S. The highest BCUT2D eigenvalue weighted by molar-refractivity contribution is 7.92. The van der Waals surface area contributed by atoms with Gasteiger partial charge in [-0.25, -0.2) is 31.2 Å². The average Bonchev–Trinajstić information content (AvgIpc) is 3.14. The van der Waals surface area contributed by atoms with Crippen LogP contribution in [0.1, 0.15) is 28.7 Å². The lowest BCUT2D eigenvalue weighted by Gasteiger charge is -2.23. The van der Waals surface area contributed by atoms with Gasteiger partial charge in [-0.05, 0) is 55.8 Å². The maximum absolute atomic E-state index is 14.7. The predicted molar refractivity (Wildman–Crippen MR) is 143 cm³/mol. The van der Waals surface area contributed by atoms with Gasteiger partial charge in [0.25, 0.3) is 21.5 Å². The van der Waals surface area contributed by atoms with Gasteiger partial charge in [-0.3, -0.25) is 9.89 Å². The summed E-state index contributed by atoms with van der Waals surface area (Å²) in [5, 5.41) is 2.73. The van der Waals surface area contributed by atoms with E-state index >= 15 is 0 Å². The first-order valence-electron chi connectivity index (χ1n) is 12.3. The van der Waals surface area contributed by atoms with Gasteiger partial charge in [0.2, 0.25) is 0 Å². The zero-order chi connectivity index (χ0) is 29.7. The number of nitrogens with zero attached hydrogens (tertiary/aromatic N) is 3. The summed E-state index contributed by atoms with van der Waals surface area (Å²) in [5.74, 6) is -3.67. The third-order valence-electron chi connectivity index (χ3n) is 6.78. The van der Waals surface area contributed by atoms with Gasteiger partial charge < -0.3 is 0 Å². The third kappa shape index (κ3) is 5.05. The summed E-state index contributed by atoms with van der Waals surface area (Å²) >= 11 is 0. The number of alkyl halides is 5. The number of aryl methyl sites for hydroxylation is 1. The number of aromatic amines is 1. The van der Waals surface area contributed by atoms with E-state index in [9.17, 15) is 35.2 Å². The van der Waals surface area contributed by atoms with Crippen LogP contribution in [0.2, 0.25) is 0 Å². The highest BCUT2D eigenvalue weighted by Gasteiger charge is 2.38. The number of allylic oxidation sites excluding steroid dienone is 1. The normalized spacial score (nSPS) is 13.9. The molecular weight excluding hydrogens is 567 g/mol. The van der Waals surface area contributed by atoms with Crippen molar-refractivity contribution in [3.63, 3.8) is 0 Å². The Labute approximate surface area is 231 Å². The van der Waals surface area contributed by atoms with E-state index in [4.69, 9.17) is 0 Å². The van der Waals surface area contributed by atoms with E-state index in [0.29, 0.717) is 12.1 Å². The van der Waals surface area contributed by atoms with Crippen molar-refractivity contribution in [1.29, 1.82) is 0 Å². The second-order valence-electron chi connectivity index (χ2n) is 9.58. The standard InChI is InChI=1S/C28H23F5N4O3S/c1-3-11-27(29,30)18-14-19(28(31,32)33)16-20(15-18)37-26(38)23-10-13-36(25-22(24(23)35-37)5-4-12-34-25)41(39,40)21-8-6-17(2)7-9-21/h3-9,12,14-16,35H,1,10-11,13H2,2H3. The van der Waals surface area contributed by atoms with Crippen molar-refractivity contribution >= 4 is 15.8 Å². The van der Waals surface area contributed by atoms with Crippen LogP contribution in [0.15, 0.2) is 83.1 Å². The lowest BCUT2D eigenvalue weighted by Crippen LogP contribution is -2.34. The fraction of sp³-hybridized carbons (Fsp3) is 0.214. The summed E-state index contributed by atoms with van der Waals surface area (Å²) in [6, 6.07) is 11.0. The van der Waals surface area contributed by atoms with Crippen molar-refractivity contribution in [2.45, 2.75) is 36.8 Å². The number of pyridine rings is 1. The lowest BCUT2D eigenvalue weighted by molar-refractivity contribution is -0.137. The van der Waals surface area contributed by atoms with E-state index in [2.05, 4.69) is 16.7 Å². The molecule has 41 heavy (non-hydrogen) atoms. The predicted octanol–water partition coefficient (Wildman–Crippen LogP) is 5.97. The molecule has 0 saturated heterocycles. The number of benzene rings is 2. The Morgan fingerprint density at radius 2 is 1.73 bits per heavy atom. The van der Waals surface area contributed by atoms with Crippen LogP contribution < -0.4 is 9.86 Å². The smallest absolute Gasteiger partial charge is 0.290 e. The Kier molecular flexibility index (Phi) is 6.88. The summed E-state index contributed by atoms with van der Waals surface area (Å²) in [6.45, 7) is 4.85. The summed E-state index contributed by atoms with van der Waals surface area (Å²) in [6.07, 6.45) is -3.74. The second kappa shape index (κ2) is 9.98. The van der Waals surface area contributed by atoms with Crippen LogP contribution in [0.25, 0.3) is 16.9 Å². The first-order chi connectivity index (χ1) is 19.2. The van der Waals surface area contributed by atoms with Gasteiger partial charge in [0.1, 0.15) is 0 Å². The van der Waals surface area contributed by atoms with E-state index in [0.717, 1.165) is 26.7 Å². The first kappa shape index (κ1) is 28.3. The molecule has 2 aromatic carbocycles. The zero-order valence-corrected chi connectivity index (χ0v) is 22.4. The van der Waals surface area contributed by atoms with Crippen molar-refractivity contribution < 1.29 is 30.4 Å². The SMILES string of the molecule is C=CCC(F)(F)c1cc(-n2[nH]c3c(c2=O)CCN(S(=O)(=O)c2ccc(C)cc2)c2ncccc2-3)cc(C(F)(F)F)c1. The molecule has 0 spiro atoms. The number of anilines is 1. The third-order valence-corrected chi connectivity index (χ3v) is 8.58. The highest BCUT2D eigenvalue weighted by atomic mass is 32.2. The van der Waals surface area contributed by atoms with Gasteiger partial charge in [0.05, 0.1) is 21.8 Å². The number of fused-ring (bicyclic) bond motifs is 3.